The Morgan fingerprint density at radius 2 is 1.40 bits per heavy atom. The lowest BCUT2D eigenvalue weighted by atomic mass is 10.2. The lowest BCUT2D eigenvalue weighted by molar-refractivity contribution is -0.192. The van der Waals surface area contributed by atoms with Crippen molar-refractivity contribution in [1.29, 1.82) is 0 Å². The average molecular weight is 736 g/mol. The van der Waals surface area contributed by atoms with E-state index < -0.39 is 30.9 Å². The number of carbonyl (C=O) groups is 2. The number of carboxylic acids is 1. The lowest BCUT2D eigenvalue weighted by Gasteiger charge is -2.34. The van der Waals surface area contributed by atoms with Gasteiger partial charge in [0.25, 0.3) is 0 Å². The number of anilines is 4. The Labute approximate surface area is 293 Å². The van der Waals surface area contributed by atoms with Crippen LogP contribution in [0.3, 0.4) is 0 Å². The van der Waals surface area contributed by atoms with E-state index in [2.05, 4.69) is 42.5 Å². The zero-order valence-corrected chi connectivity index (χ0v) is 27.8. The van der Waals surface area contributed by atoms with Gasteiger partial charge in [0.2, 0.25) is 0 Å². The number of piperazine rings is 1. The third-order valence-corrected chi connectivity index (χ3v) is 8.79. The minimum absolute atomic E-state index is 0.0637. The summed E-state index contributed by atoms with van der Waals surface area (Å²) in [7, 11) is 2.12. The molecule has 2 aromatic heterocycles. The number of urea groups is 1. The molecule has 2 unspecified atom stereocenters. The highest BCUT2D eigenvalue weighted by atomic mass is 19.4. The van der Waals surface area contributed by atoms with Crippen molar-refractivity contribution in [2.24, 2.45) is 0 Å². The summed E-state index contributed by atoms with van der Waals surface area (Å²) >= 11 is 0. The maximum atomic E-state index is 13.4. The molecular formula is C33H35F6N9O4. The van der Waals surface area contributed by atoms with E-state index in [0.717, 1.165) is 49.4 Å². The summed E-state index contributed by atoms with van der Waals surface area (Å²) in [5.41, 5.74) is 3.04. The number of ether oxygens (including phenoxy) is 1. The normalized spacial score (nSPS) is 19.3. The number of aromatic nitrogens is 4. The molecule has 52 heavy (non-hydrogen) atoms. The monoisotopic (exact) mass is 735 g/mol. The second kappa shape index (κ2) is 14.8. The standard InChI is InChI=1S/C31H34F3N9O2.C2HF3O2/c1-40-12-14-41(15-13-40)23-8-6-22(7-9-23)37-30(44)36-21-4-2-20(3-5-21)27-38-28(42-17-24-10-11-25(18-42)45-24)26-16-35-43(29(26)39-27)19-31(32,33)34;3-2(4,5)1(6)7/h2-9,16,24-25H,10-15,17-19H2,1H3,(H2,36,37,44);(H,6,7). The van der Waals surface area contributed by atoms with Gasteiger partial charge < -0.3 is 35.2 Å². The second-order valence-electron chi connectivity index (χ2n) is 12.7. The zero-order valence-electron chi connectivity index (χ0n) is 27.8. The number of nitrogens with zero attached hydrogens (tertiary/aromatic N) is 7. The molecule has 19 heteroatoms. The third-order valence-electron chi connectivity index (χ3n) is 8.79. The van der Waals surface area contributed by atoms with Crippen LogP contribution in [-0.4, -0.2) is 113 Å². The Morgan fingerprint density at radius 3 is 1.94 bits per heavy atom. The fraction of sp³-hybridized carbons (Fsp3) is 0.424. The van der Waals surface area contributed by atoms with Gasteiger partial charge in [0.15, 0.2) is 11.5 Å². The number of amides is 2. The maximum absolute atomic E-state index is 13.4. The van der Waals surface area contributed by atoms with E-state index in [0.29, 0.717) is 41.2 Å². The molecule has 0 aliphatic carbocycles. The summed E-state index contributed by atoms with van der Waals surface area (Å²) in [5.74, 6) is -1.94. The van der Waals surface area contributed by atoms with E-state index in [1.54, 1.807) is 24.3 Å². The van der Waals surface area contributed by atoms with Crippen LogP contribution in [0.1, 0.15) is 12.8 Å². The van der Waals surface area contributed by atoms with Gasteiger partial charge in [-0.2, -0.15) is 31.4 Å². The van der Waals surface area contributed by atoms with Crippen LogP contribution < -0.4 is 20.4 Å². The van der Waals surface area contributed by atoms with Gasteiger partial charge in [0, 0.05) is 61.9 Å². The number of morpholine rings is 1. The smallest absolute Gasteiger partial charge is 0.475 e. The maximum Gasteiger partial charge on any atom is 0.490 e. The summed E-state index contributed by atoms with van der Waals surface area (Å²) in [5, 5.41) is 17.3. The zero-order chi connectivity index (χ0) is 37.2. The summed E-state index contributed by atoms with van der Waals surface area (Å²) in [4.78, 5) is 37.6. The van der Waals surface area contributed by atoms with Gasteiger partial charge in [-0.1, -0.05) is 0 Å². The summed E-state index contributed by atoms with van der Waals surface area (Å²) < 4.78 is 78.6. The van der Waals surface area contributed by atoms with Crippen molar-refractivity contribution < 1.29 is 45.8 Å². The summed E-state index contributed by atoms with van der Waals surface area (Å²) in [6, 6.07) is 14.3. The first-order chi connectivity index (χ1) is 24.6. The van der Waals surface area contributed by atoms with Gasteiger partial charge in [-0.3, -0.25) is 0 Å². The number of alkyl halides is 6. The van der Waals surface area contributed by atoms with Crippen LogP contribution in [0.5, 0.6) is 0 Å². The van der Waals surface area contributed by atoms with E-state index >= 15 is 0 Å². The van der Waals surface area contributed by atoms with Crippen molar-refractivity contribution in [2.45, 2.75) is 43.9 Å². The number of aliphatic carboxylic acids is 1. The molecule has 3 fully saturated rings. The van der Waals surface area contributed by atoms with Gasteiger partial charge >= 0.3 is 24.4 Å². The fourth-order valence-electron chi connectivity index (χ4n) is 6.20. The molecule has 3 aliphatic heterocycles. The van der Waals surface area contributed by atoms with Crippen LogP contribution in [0.4, 0.5) is 54.0 Å². The number of benzene rings is 2. The molecule has 13 nitrogen and oxygen atoms in total. The van der Waals surface area contributed by atoms with Crippen molar-refractivity contribution in [2.75, 3.05) is 66.7 Å². The van der Waals surface area contributed by atoms with Gasteiger partial charge in [0.05, 0.1) is 23.8 Å². The van der Waals surface area contributed by atoms with Crippen molar-refractivity contribution in [3.05, 3.63) is 54.7 Å². The van der Waals surface area contributed by atoms with Crippen LogP contribution in [-0.2, 0) is 16.1 Å². The number of fused-ring (bicyclic) bond motifs is 3. The van der Waals surface area contributed by atoms with Crippen LogP contribution in [0.25, 0.3) is 22.4 Å². The predicted octanol–water partition coefficient (Wildman–Crippen LogP) is 5.45. The number of halogens is 6. The van der Waals surface area contributed by atoms with E-state index in [1.165, 1.54) is 6.20 Å². The number of hydrogen-bond acceptors (Lipinski definition) is 9. The van der Waals surface area contributed by atoms with Gasteiger partial charge in [-0.05, 0) is 68.4 Å². The third kappa shape index (κ3) is 9.00. The molecule has 4 aromatic rings. The molecule has 3 aliphatic rings. The summed E-state index contributed by atoms with van der Waals surface area (Å²) in [6.07, 6.45) is -6.12. The number of hydrogen-bond donors (Lipinski definition) is 3. The molecule has 2 aromatic carbocycles. The molecule has 0 spiro atoms. The molecule has 278 valence electrons. The first-order valence-electron chi connectivity index (χ1n) is 16.3. The van der Waals surface area contributed by atoms with Gasteiger partial charge in [0.1, 0.15) is 12.4 Å². The first kappa shape index (κ1) is 36.6. The SMILES string of the molecule is CN1CCN(c2ccc(NC(=O)Nc3ccc(-c4nc(N5CC6CCC(C5)O6)c5cnn(CC(F)(F)F)c5n4)cc3)cc2)CC1.O=C(O)C(F)(F)F. The quantitative estimate of drug-likeness (QED) is 0.219. The number of nitrogens with one attached hydrogen (secondary N) is 2. The van der Waals surface area contributed by atoms with E-state index in [-0.39, 0.29) is 23.7 Å². The Bertz CT molecular complexity index is 1870. The Balaban J connectivity index is 0.000000604. The van der Waals surface area contributed by atoms with Crippen molar-refractivity contribution in [1.82, 2.24) is 24.6 Å². The number of rotatable bonds is 6. The molecule has 0 saturated carbocycles. The molecule has 5 heterocycles. The average Bonchev–Trinajstić information content (AvgIpc) is 3.65. The lowest BCUT2D eigenvalue weighted by Crippen LogP contribution is -2.44. The molecular weight excluding hydrogens is 700 g/mol. The van der Waals surface area contributed by atoms with Crippen LogP contribution >= 0.6 is 0 Å². The largest absolute Gasteiger partial charge is 0.490 e. The van der Waals surface area contributed by atoms with Crippen LogP contribution in [0, 0.1) is 0 Å². The second-order valence-corrected chi connectivity index (χ2v) is 12.7. The molecule has 3 saturated heterocycles. The summed E-state index contributed by atoms with van der Waals surface area (Å²) in [6.45, 7) is 3.90. The number of likely N-dealkylation sites (N-methyl/N-ethyl adjacent to an activating group) is 1. The molecule has 3 N–H and O–H groups in total. The van der Waals surface area contributed by atoms with E-state index in [1.807, 2.05) is 24.3 Å². The minimum Gasteiger partial charge on any atom is -0.475 e. The van der Waals surface area contributed by atoms with Crippen molar-refractivity contribution in [3.8, 4) is 11.4 Å². The van der Waals surface area contributed by atoms with Gasteiger partial charge in [-0.25, -0.2) is 24.2 Å². The molecule has 0 radical (unpaired) electrons. The molecule has 7 rings (SSSR count). The molecule has 2 atom stereocenters. The highest BCUT2D eigenvalue weighted by Crippen LogP contribution is 2.34. The van der Waals surface area contributed by atoms with Crippen LogP contribution in [0.15, 0.2) is 54.7 Å². The number of carbonyl (C=O) groups excluding carboxylic acids is 1. The highest BCUT2D eigenvalue weighted by Gasteiger charge is 2.38. The Kier molecular flexibility index (Phi) is 10.4. The van der Waals surface area contributed by atoms with Gasteiger partial charge in [-0.15, -0.1) is 0 Å². The minimum atomic E-state index is -5.08. The molecule has 2 amide bonds. The topological polar surface area (TPSA) is 141 Å². The Morgan fingerprint density at radius 1 is 0.846 bits per heavy atom. The molecule has 2 bridgehead atoms. The van der Waals surface area contributed by atoms with Crippen molar-refractivity contribution >= 4 is 45.9 Å². The highest BCUT2D eigenvalue weighted by molar-refractivity contribution is 6.00. The van der Waals surface area contributed by atoms with E-state index in [9.17, 15) is 31.1 Å². The first-order valence-corrected chi connectivity index (χ1v) is 16.3. The van der Waals surface area contributed by atoms with Crippen LogP contribution in [0.2, 0.25) is 0 Å². The van der Waals surface area contributed by atoms with Crippen molar-refractivity contribution in [3.63, 3.8) is 0 Å². The Hall–Kier alpha value is -5.17. The predicted molar refractivity (Wildman–Crippen MR) is 179 cm³/mol. The number of carboxylic acid groups (broad SMARTS) is 1. The van der Waals surface area contributed by atoms with E-state index in [4.69, 9.17) is 19.6 Å². The fourth-order valence-corrected chi connectivity index (χ4v) is 6.20.